The first-order chi connectivity index (χ1) is 4.70. The minimum atomic E-state index is -1.12. The maximum atomic E-state index is 10.4. The summed E-state index contributed by atoms with van der Waals surface area (Å²) in [6.45, 7) is 1.73. The van der Waals surface area contributed by atoms with Crippen LogP contribution in [0.2, 0.25) is 0 Å². The van der Waals surface area contributed by atoms with Gasteiger partial charge in [-0.2, -0.15) is 0 Å². The van der Waals surface area contributed by atoms with Crippen molar-refractivity contribution in [2.24, 2.45) is 0 Å². The topological polar surface area (TPSA) is 46.5 Å². The molecule has 1 unspecified atom stereocenters. The number of carbonyl (C=O) groups is 1. The van der Waals surface area contributed by atoms with Gasteiger partial charge in [0, 0.05) is 0 Å². The third-order valence-corrected chi connectivity index (χ3v) is 1.18. The Morgan fingerprint density at radius 1 is 1.90 bits per heavy atom. The van der Waals surface area contributed by atoms with Crippen LogP contribution in [0, 0.1) is 0 Å². The highest BCUT2D eigenvalue weighted by Crippen LogP contribution is 1.92. The van der Waals surface area contributed by atoms with Gasteiger partial charge in [-0.15, -0.1) is 0 Å². The number of esters is 1. The molecule has 0 bridgehead atoms. The van der Waals surface area contributed by atoms with E-state index < -0.39 is 12.3 Å². The van der Waals surface area contributed by atoms with E-state index in [9.17, 15) is 4.79 Å². The van der Waals surface area contributed by atoms with Crippen LogP contribution in [-0.4, -0.2) is 22.7 Å². The lowest BCUT2D eigenvalue weighted by atomic mass is 10.5. The summed E-state index contributed by atoms with van der Waals surface area (Å²) in [4.78, 5) is 10.4. The molecular formula is C6H9BrO3. The SMILES string of the molecule is CC=CC(O)OC(=O)CBr. The molecule has 0 aromatic carbocycles. The van der Waals surface area contributed by atoms with E-state index in [-0.39, 0.29) is 5.33 Å². The van der Waals surface area contributed by atoms with Gasteiger partial charge in [-0.1, -0.05) is 22.0 Å². The van der Waals surface area contributed by atoms with Gasteiger partial charge in [0.05, 0.1) is 0 Å². The molecule has 0 aromatic rings. The zero-order valence-electron chi connectivity index (χ0n) is 5.58. The number of aliphatic hydroxyl groups excluding tert-OH is 1. The Kier molecular flexibility index (Phi) is 5.25. The Bertz CT molecular complexity index is 133. The predicted molar refractivity (Wildman–Crippen MR) is 40.7 cm³/mol. The second kappa shape index (κ2) is 5.44. The summed E-state index contributed by atoms with van der Waals surface area (Å²) in [7, 11) is 0. The molecule has 0 rings (SSSR count). The molecule has 0 heterocycles. The largest absolute Gasteiger partial charge is 0.432 e. The summed E-state index contributed by atoms with van der Waals surface area (Å²) in [6.07, 6.45) is 1.86. The van der Waals surface area contributed by atoms with Crippen molar-refractivity contribution in [2.75, 3.05) is 5.33 Å². The van der Waals surface area contributed by atoms with E-state index in [1.54, 1.807) is 13.0 Å². The van der Waals surface area contributed by atoms with Crippen LogP contribution < -0.4 is 0 Å². The van der Waals surface area contributed by atoms with Gasteiger partial charge < -0.3 is 9.84 Å². The number of aliphatic hydroxyl groups is 1. The summed E-state index contributed by atoms with van der Waals surface area (Å²) < 4.78 is 4.42. The number of hydrogen-bond donors (Lipinski definition) is 1. The molecule has 1 N–H and O–H groups in total. The third-order valence-electron chi connectivity index (χ3n) is 0.718. The quantitative estimate of drug-likeness (QED) is 0.324. The number of halogens is 1. The zero-order chi connectivity index (χ0) is 7.98. The Morgan fingerprint density at radius 3 is 2.90 bits per heavy atom. The van der Waals surface area contributed by atoms with Crippen molar-refractivity contribution >= 4 is 21.9 Å². The van der Waals surface area contributed by atoms with E-state index in [0.717, 1.165) is 0 Å². The van der Waals surface area contributed by atoms with Crippen molar-refractivity contribution in [2.45, 2.75) is 13.2 Å². The molecule has 4 heteroatoms. The Hall–Kier alpha value is -0.350. The smallest absolute Gasteiger partial charge is 0.319 e. The Morgan fingerprint density at radius 2 is 2.50 bits per heavy atom. The van der Waals surface area contributed by atoms with Crippen LogP contribution >= 0.6 is 15.9 Å². The van der Waals surface area contributed by atoms with Crippen LogP contribution in [0.25, 0.3) is 0 Å². The number of hydrogen-bond acceptors (Lipinski definition) is 3. The maximum absolute atomic E-state index is 10.4. The third kappa shape index (κ3) is 4.52. The molecule has 1 atom stereocenters. The van der Waals surface area contributed by atoms with Crippen molar-refractivity contribution in [3.63, 3.8) is 0 Å². The van der Waals surface area contributed by atoms with E-state index in [1.807, 2.05) is 0 Å². The van der Waals surface area contributed by atoms with Crippen LogP contribution in [0.4, 0.5) is 0 Å². The van der Waals surface area contributed by atoms with Crippen molar-refractivity contribution in [1.82, 2.24) is 0 Å². The first-order valence-electron chi connectivity index (χ1n) is 2.77. The Balaban J connectivity index is 3.57. The van der Waals surface area contributed by atoms with E-state index in [0.29, 0.717) is 0 Å². The van der Waals surface area contributed by atoms with Gasteiger partial charge >= 0.3 is 5.97 Å². The molecule has 0 aliphatic heterocycles. The van der Waals surface area contributed by atoms with Gasteiger partial charge in [0.1, 0.15) is 5.33 Å². The van der Waals surface area contributed by atoms with Crippen LogP contribution in [0.15, 0.2) is 12.2 Å². The lowest BCUT2D eigenvalue weighted by Gasteiger charge is -2.04. The predicted octanol–water partition coefficient (Wildman–Crippen LogP) is 0.819. The second-order valence-corrected chi connectivity index (χ2v) is 2.10. The minimum absolute atomic E-state index is 0.0988. The molecule has 58 valence electrons. The van der Waals surface area contributed by atoms with Crippen LogP contribution in [0.1, 0.15) is 6.92 Å². The normalized spacial score (nSPS) is 13.5. The molecule has 3 nitrogen and oxygen atoms in total. The van der Waals surface area contributed by atoms with Gasteiger partial charge in [0.2, 0.25) is 6.29 Å². The Labute approximate surface area is 67.8 Å². The lowest BCUT2D eigenvalue weighted by Crippen LogP contribution is -2.15. The number of ether oxygens (including phenoxy) is 1. The molecule has 0 saturated carbocycles. The van der Waals surface area contributed by atoms with Gasteiger partial charge in [-0.05, 0) is 13.0 Å². The van der Waals surface area contributed by atoms with Crippen molar-refractivity contribution in [3.05, 3.63) is 12.2 Å². The van der Waals surface area contributed by atoms with Crippen LogP contribution in [-0.2, 0) is 9.53 Å². The number of carbonyl (C=O) groups excluding carboxylic acids is 1. The van der Waals surface area contributed by atoms with Crippen LogP contribution in [0.3, 0.4) is 0 Å². The molecule has 0 aromatic heterocycles. The molecule has 0 amide bonds. The fourth-order valence-electron chi connectivity index (χ4n) is 0.370. The summed E-state index contributed by atoms with van der Waals surface area (Å²) in [6, 6.07) is 0. The molecule has 0 radical (unpaired) electrons. The first-order valence-corrected chi connectivity index (χ1v) is 3.89. The molecule has 0 saturated heterocycles. The molecule has 0 fully saturated rings. The fourth-order valence-corrected chi connectivity index (χ4v) is 0.502. The van der Waals surface area contributed by atoms with Crippen molar-refractivity contribution in [3.8, 4) is 0 Å². The highest BCUT2D eigenvalue weighted by molar-refractivity contribution is 9.09. The van der Waals surface area contributed by atoms with Crippen molar-refractivity contribution < 1.29 is 14.6 Å². The minimum Gasteiger partial charge on any atom is -0.432 e. The van der Waals surface area contributed by atoms with E-state index >= 15 is 0 Å². The molecule has 10 heavy (non-hydrogen) atoms. The maximum Gasteiger partial charge on any atom is 0.319 e. The van der Waals surface area contributed by atoms with E-state index in [2.05, 4.69) is 20.7 Å². The van der Waals surface area contributed by atoms with Gasteiger partial charge in [0.15, 0.2) is 0 Å². The summed E-state index contributed by atoms with van der Waals surface area (Å²) in [5.74, 6) is -0.481. The average molecular weight is 209 g/mol. The number of rotatable bonds is 3. The average Bonchev–Trinajstić information content (AvgIpc) is 1.88. The standard InChI is InChI=1S/C6H9BrO3/c1-2-3-5(8)10-6(9)4-7/h2-3,5,8H,4H2,1H3. The summed E-state index contributed by atoms with van der Waals surface area (Å²) in [5.41, 5.74) is 0. The second-order valence-electron chi connectivity index (χ2n) is 1.54. The van der Waals surface area contributed by atoms with Gasteiger partial charge in [0.25, 0.3) is 0 Å². The molecule has 0 aliphatic carbocycles. The first kappa shape index (κ1) is 9.65. The lowest BCUT2D eigenvalue weighted by molar-refractivity contribution is -0.157. The molecular weight excluding hydrogens is 200 g/mol. The van der Waals surface area contributed by atoms with E-state index in [1.165, 1.54) is 6.08 Å². The van der Waals surface area contributed by atoms with Crippen molar-refractivity contribution in [1.29, 1.82) is 0 Å². The van der Waals surface area contributed by atoms with Gasteiger partial charge in [-0.3, -0.25) is 4.79 Å². The number of allylic oxidation sites excluding steroid dienone is 1. The highest BCUT2D eigenvalue weighted by atomic mass is 79.9. The number of alkyl halides is 1. The zero-order valence-corrected chi connectivity index (χ0v) is 7.17. The summed E-state index contributed by atoms with van der Waals surface area (Å²) in [5, 5.41) is 8.90. The van der Waals surface area contributed by atoms with E-state index in [4.69, 9.17) is 5.11 Å². The van der Waals surface area contributed by atoms with Crippen LogP contribution in [0.5, 0.6) is 0 Å². The molecule has 0 aliphatic rings. The monoisotopic (exact) mass is 208 g/mol. The molecule has 0 spiro atoms. The van der Waals surface area contributed by atoms with Gasteiger partial charge in [-0.25, -0.2) is 0 Å². The summed E-state index contributed by atoms with van der Waals surface area (Å²) >= 11 is 2.88. The highest BCUT2D eigenvalue weighted by Gasteiger charge is 2.04. The fraction of sp³-hybridized carbons (Fsp3) is 0.500.